The average Bonchev–Trinajstić information content (AvgIpc) is 2.18. The quantitative estimate of drug-likeness (QED) is 0.778. The van der Waals surface area contributed by atoms with Gasteiger partial charge in [-0.25, -0.2) is 13.1 Å². The Hall–Kier alpha value is 0.350. The van der Waals surface area contributed by atoms with E-state index in [1.807, 2.05) is 6.92 Å². The second kappa shape index (κ2) is 5.61. The van der Waals surface area contributed by atoms with Crippen LogP contribution in [0.2, 0.25) is 0 Å². The molecular weight excluding hydrogens is 282 g/mol. The van der Waals surface area contributed by atoms with Gasteiger partial charge in [0.05, 0.1) is 5.75 Å². The van der Waals surface area contributed by atoms with Crippen molar-refractivity contribution in [1.82, 2.24) is 4.72 Å². The van der Waals surface area contributed by atoms with E-state index in [0.717, 1.165) is 12.8 Å². The van der Waals surface area contributed by atoms with Gasteiger partial charge in [-0.2, -0.15) is 0 Å². The summed E-state index contributed by atoms with van der Waals surface area (Å²) in [5.74, 6) is 0.197. The number of hydrogen-bond donors (Lipinski definition) is 1. The molecule has 0 amide bonds. The molecule has 1 fully saturated rings. The minimum Gasteiger partial charge on any atom is -0.381 e. The summed E-state index contributed by atoms with van der Waals surface area (Å²) < 4.78 is 31.4. The van der Waals surface area contributed by atoms with Crippen LogP contribution in [-0.4, -0.2) is 38.3 Å². The lowest BCUT2D eigenvalue weighted by Crippen LogP contribution is -2.53. The molecule has 0 spiro atoms. The first kappa shape index (κ1) is 13.4. The van der Waals surface area contributed by atoms with E-state index in [2.05, 4.69) is 20.7 Å². The van der Waals surface area contributed by atoms with E-state index in [-0.39, 0.29) is 11.3 Å². The lowest BCUT2D eigenvalue weighted by molar-refractivity contribution is 0.0557. The van der Waals surface area contributed by atoms with Gasteiger partial charge in [0, 0.05) is 24.1 Å². The monoisotopic (exact) mass is 299 g/mol. The molecule has 0 aromatic rings. The van der Waals surface area contributed by atoms with Crippen molar-refractivity contribution in [2.24, 2.45) is 0 Å². The summed E-state index contributed by atoms with van der Waals surface area (Å²) in [6, 6.07) is 0. The van der Waals surface area contributed by atoms with Crippen LogP contribution < -0.4 is 4.72 Å². The van der Waals surface area contributed by atoms with E-state index < -0.39 is 10.0 Å². The third kappa shape index (κ3) is 4.01. The van der Waals surface area contributed by atoms with Crippen LogP contribution in [-0.2, 0) is 14.8 Å². The highest BCUT2D eigenvalue weighted by atomic mass is 79.9. The molecule has 1 rings (SSSR count). The number of nitrogens with one attached hydrogen (secondary N) is 1. The first-order valence-corrected chi connectivity index (χ1v) is 7.96. The van der Waals surface area contributed by atoms with Crippen LogP contribution in [0.4, 0.5) is 0 Å². The molecule has 1 heterocycles. The molecule has 90 valence electrons. The summed E-state index contributed by atoms with van der Waals surface area (Å²) in [5.41, 5.74) is -0.341. The number of hydrogen-bond acceptors (Lipinski definition) is 3. The number of ether oxygens (including phenoxy) is 1. The number of halogens is 1. The zero-order valence-electron chi connectivity index (χ0n) is 8.96. The Balaban J connectivity index is 2.66. The van der Waals surface area contributed by atoms with E-state index in [0.29, 0.717) is 25.0 Å². The number of alkyl halides is 1. The molecule has 0 radical (unpaired) electrons. The first-order chi connectivity index (χ1) is 7.04. The van der Waals surface area contributed by atoms with Gasteiger partial charge in [-0.05, 0) is 19.3 Å². The molecule has 0 aliphatic carbocycles. The maximum Gasteiger partial charge on any atom is 0.212 e. The van der Waals surface area contributed by atoms with Gasteiger partial charge in [-0.15, -0.1) is 0 Å². The Bertz CT molecular complexity index is 286. The van der Waals surface area contributed by atoms with Crippen LogP contribution in [0.5, 0.6) is 0 Å². The van der Waals surface area contributed by atoms with Crippen LogP contribution in [0.1, 0.15) is 26.2 Å². The number of rotatable bonds is 5. The van der Waals surface area contributed by atoms with Crippen molar-refractivity contribution < 1.29 is 13.2 Å². The fourth-order valence-electron chi connectivity index (χ4n) is 1.67. The summed E-state index contributed by atoms with van der Waals surface area (Å²) in [5, 5.41) is 0.645. The van der Waals surface area contributed by atoms with Crippen LogP contribution in [0.3, 0.4) is 0 Å². The molecule has 0 atom stereocenters. The van der Waals surface area contributed by atoms with Gasteiger partial charge in [0.15, 0.2) is 0 Å². The number of sulfonamides is 1. The smallest absolute Gasteiger partial charge is 0.212 e. The minimum absolute atomic E-state index is 0.197. The van der Waals surface area contributed by atoms with Crippen molar-refractivity contribution in [2.75, 3.05) is 24.3 Å². The molecule has 1 N–H and O–H groups in total. The van der Waals surface area contributed by atoms with Crippen molar-refractivity contribution >= 4 is 26.0 Å². The lowest BCUT2D eigenvalue weighted by Gasteiger charge is -2.36. The normalized spacial score (nSPS) is 21.5. The molecule has 0 bridgehead atoms. The molecule has 1 aliphatic heterocycles. The molecule has 0 aromatic heterocycles. The molecule has 1 aliphatic rings. The Labute approximate surface area is 99.9 Å². The Morgan fingerprint density at radius 2 is 2.00 bits per heavy atom. The largest absolute Gasteiger partial charge is 0.381 e. The molecule has 0 unspecified atom stereocenters. The van der Waals surface area contributed by atoms with Crippen molar-refractivity contribution in [3.63, 3.8) is 0 Å². The lowest BCUT2D eigenvalue weighted by atomic mass is 9.94. The van der Waals surface area contributed by atoms with Crippen LogP contribution in [0.25, 0.3) is 0 Å². The molecule has 0 aromatic carbocycles. The van der Waals surface area contributed by atoms with Gasteiger partial charge in [-0.1, -0.05) is 22.9 Å². The molecule has 0 saturated carbocycles. The van der Waals surface area contributed by atoms with E-state index in [1.54, 1.807) is 0 Å². The third-order valence-corrected chi connectivity index (χ3v) is 5.31. The van der Waals surface area contributed by atoms with E-state index in [9.17, 15) is 8.42 Å². The van der Waals surface area contributed by atoms with Gasteiger partial charge in [0.2, 0.25) is 10.0 Å². The van der Waals surface area contributed by atoms with E-state index in [1.165, 1.54) is 0 Å². The van der Waals surface area contributed by atoms with E-state index in [4.69, 9.17) is 4.74 Å². The summed E-state index contributed by atoms with van der Waals surface area (Å²) >= 11 is 3.39. The molecule has 6 heteroatoms. The van der Waals surface area contributed by atoms with Crippen LogP contribution in [0, 0.1) is 0 Å². The molecule has 15 heavy (non-hydrogen) atoms. The minimum atomic E-state index is -3.14. The second-order valence-electron chi connectivity index (χ2n) is 3.95. The maximum absolute atomic E-state index is 11.7. The molecular formula is C9H18BrNO3S. The molecule has 1 saturated heterocycles. The summed E-state index contributed by atoms with van der Waals surface area (Å²) in [4.78, 5) is 0. The highest BCUT2D eigenvalue weighted by Crippen LogP contribution is 2.24. The van der Waals surface area contributed by atoms with Crippen LogP contribution >= 0.6 is 15.9 Å². The third-order valence-electron chi connectivity index (χ3n) is 2.55. The first-order valence-electron chi connectivity index (χ1n) is 5.19. The van der Waals surface area contributed by atoms with Gasteiger partial charge in [-0.3, -0.25) is 0 Å². The standard InChI is InChI=1S/C9H18BrNO3S/c1-2-7-15(12,13)11-9(8-10)3-5-14-6-4-9/h11H,2-8H2,1H3. The second-order valence-corrected chi connectivity index (χ2v) is 6.35. The fourth-order valence-corrected chi connectivity index (χ4v) is 4.14. The highest BCUT2D eigenvalue weighted by molar-refractivity contribution is 9.09. The topological polar surface area (TPSA) is 55.4 Å². The van der Waals surface area contributed by atoms with Gasteiger partial charge in [0.1, 0.15) is 0 Å². The van der Waals surface area contributed by atoms with Crippen molar-refractivity contribution in [3.8, 4) is 0 Å². The zero-order valence-corrected chi connectivity index (χ0v) is 11.4. The van der Waals surface area contributed by atoms with Gasteiger partial charge >= 0.3 is 0 Å². The average molecular weight is 300 g/mol. The Morgan fingerprint density at radius 1 is 1.40 bits per heavy atom. The maximum atomic E-state index is 11.7. The summed E-state index contributed by atoms with van der Waals surface area (Å²) in [7, 11) is -3.14. The van der Waals surface area contributed by atoms with E-state index >= 15 is 0 Å². The molecule has 4 nitrogen and oxygen atoms in total. The predicted molar refractivity (Wildman–Crippen MR) is 63.8 cm³/mol. The van der Waals surface area contributed by atoms with Crippen molar-refractivity contribution in [2.45, 2.75) is 31.7 Å². The SMILES string of the molecule is CCCS(=O)(=O)NC1(CBr)CCOCC1. The zero-order chi connectivity index (χ0) is 11.4. The Kier molecular flexibility index (Phi) is 5.02. The van der Waals surface area contributed by atoms with Crippen molar-refractivity contribution in [1.29, 1.82) is 0 Å². The van der Waals surface area contributed by atoms with Gasteiger partial charge in [0.25, 0.3) is 0 Å². The summed E-state index contributed by atoms with van der Waals surface area (Å²) in [6.45, 7) is 3.12. The van der Waals surface area contributed by atoms with Crippen LogP contribution in [0.15, 0.2) is 0 Å². The summed E-state index contributed by atoms with van der Waals surface area (Å²) in [6.07, 6.45) is 2.12. The van der Waals surface area contributed by atoms with Crippen molar-refractivity contribution in [3.05, 3.63) is 0 Å². The Morgan fingerprint density at radius 3 is 2.47 bits per heavy atom. The fraction of sp³-hybridized carbons (Fsp3) is 1.00. The van der Waals surface area contributed by atoms with Gasteiger partial charge < -0.3 is 4.74 Å². The highest BCUT2D eigenvalue weighted by Gasteiger charge is 2.35. The predicted octanol–water partition coefficient (Wildman–Crippen LogP) is 1.26.